The maximum atomic E-state index is 13.0. The molecule has 0 atom stereocenters. The molecule has 7 heteroatoms. The number of benzene rings is 2. The lowest BCUT2D eigenvalue weighted by atomic mass is 9.95. The van der Waals surface area contributed by atoms with Gasteiger partial charge < -0.3 is 19.7 Å². The van der Waals surface area contributed by atoms with Gasteiger partial charge in [-0.05, 0) is 42.7 Å². The van der Waals surface area contributed by atoms with E-state index >= 15 is 0 Å². The zero-order chi connectivity index (χ0) is 22.6. The van der Waals surface area contributed by atoms with Crippen LogP contribution in [-0.2, 0) is 11.3 Å². The largest absolute Gasteiger partial charge is 0.454 e. The Bertz CT molecular complexity index is 1160. The third kappa shape index (κ3) is 4.67. The van der Waals surface area contributed by atoms with Crippen molar-refractivity contribution in [3.8, 4) is 22.8 Å². The average molecular weight is 444 g/mol. The van der Waals surface area contributed by atoms with Crippen molar-refractivity contribution in [3.05, 3.63) is 78.0 Å². The molecular formula is C26H25N3O4. The summed E-state index contributed by atoms with van der Waals surface area (Å²) in [5.74, 6) is 1.34. The number of amides is 2. The lowest BCUT2D eigenvalue weighted by molar-refractivity contribution is -0.126. The molecule has 2 amide bonds. The summed E-state index contributed by atoms with van der Waals surface area (Å²) in [6, 6.07) is 19.1. The number of piperidine rings is 1. The molecule has 0 saturated carbocycles. The summed E-state index contributed by atoms with van der Waals surface area (Å²) in [6.45, 7) is 1.79. The summed E-state index contributed by atoms with van der Waals surface area (Å²) < 4.78 is 10.7. The maximum absolute atomic E-state index is 13.0. The van der Waals surface area contributed by atoms with Gasteiger partial charge in [0.05, 0.1) is 5.69 Å². The second kappa shape index (κ2) is 9.32. The van der Waals surface area contributed by atoms with Gasteiger partial charge in [0, 0.05) is 42.9 Å². The zero-order valence-electron chi connectivity index (χ0n) is 18.2. The van der Waals surface area contributed by atoms with Crippen LogP contribution in [0.5, 0.6) is 11.5 Å². The zero-order valence-corrected chi connectivity index (χ0v) is 18.2. The second-order valence-corrected chi connectivity index (χ2v) is 8.27. The van der Waals surface area contributed by atoms with Gasteiger partial charge in [-0.25, -0.2) is 0 Å². The Morgan fingerprint density at radius 2 is 1.76 bits per heavy atom. The van der Waals surface area contributed by atoms with Crippen molar-refractivity contribution in [2.24, 2.45) is 5.92 Å². The van der Waals surface area contributed by atoms with Crippen LogP contribution in [0.15, 0.2) is 66.9 Å². The summed E-state index contributed by atoms with van der Waals surface area (Å²) in [4.78, 5) is 31.9. The fourth-order valence-electron chi connectivity index (χ4n) is 4.24. The first kappa shape index (κ1) is 21.0. The molecule has 0 unspecified atom stereocenters. The Labute approximate surface area is 192 Å². The number of hydrogen-bond acceptors (Lipinski definition) is 5. The molecule has 5 rings (SSSR count). The molecule has 0 bridgehead atoms. The number of ether oxygens (including phenoxy) is 2. The molecule has 0 spiro atoms. The van der Waals surface area contributed by atoms with E-state index in [0.29, 0.717) is 43.8 Å². The third-order valence-corrected chi connectivity index (χ3v) is 6.13. The van der Waals surface area contributed by atoms with Crippen LogP contribution in [0, 0.1) is 5.92 Å². The Hall–Kier alpha value is -3.87. The number of nitrogens with zero attached hydrogens (tertiary/aromatic N) is 2. The molecule has 1 saturated heterocycles. The van der Waals surface area contributed by atoms with Crippen LogP contribution in [0.25, 0.3) is 11.3 Å². The number of likely N-dealkylation sites (tertiary alicyclic amines) is 1. The highest BCUT2D eigenvalue weighted by atomic mass is 16.7. The molecule has 33 heavy (non-hydrogen) atoms. The maximum Gasteiger partial charge on any atom is 0.253 e. The molecule has 7 nitrogen and oxygen atoms in total. The van der Waals surface area contributed by atoms with Gasteiger partial charge in [-0.15, -0.1) is 0 Å². The quantitative estimate of drug-likeness (QED) is 0.651. The molecule has 2 aliphatic heterocycles. The van der Waals surface area contributed by atoms with Crippen LogP contribution in [0.4, 0.5) is 0 Å². The number of nitrogens with one attached hydrogen (secondary N) is 1. The van der Waals surface area contributed by atoms with E-state index in [0.717, 1.165) is 22.6 Å². The van der Waals surface area contributed by atoms with Crippen LogP contribution in [-0.4, -0.2) is 41.6 Å². The van der Waals surface area contributed by atoms with Crippen molar-refractivity contribution in [3.63, 3.8) is 0 Å². The number of hydrogen-bond donors (Lipinski definition) is 1. The highest BCUT2D eigenvalue weighted by molar-refractivity contribution is 5.95. The van der Waals surface area contributed by atoms with Crippen molar-refractivity contribution >= 4 is 11.8 Å². The molecule has 3 aromatic rings. The summed E-state index contributed by atoms with van der Waals surface area (Å²) in [5.41, 5.74) is 3.34. The minimum Gasteiger partial charge on any atom is -0.454 e. The summed E-state index contributed by atoms with van der Waals surface area (Å²) >= 11 is 0. The van der Waals surface area contributed by atoms with Crippen molar-refractivity contribution in [1.29, 1.82) is 0 Å². The molecule has 2 aliphatic rings. The van der Waals surface area contributed by atoms with E-state index in [2.05, 4.69) is 10.3 Å². The summed E-state index contributed by atoms with van der Waals surface area (Å²) in [5, 5.41) is 3.01. The number of rotatable bonds is 5. The third-order valence-electron chi connectivity index (χ3n) is 6.13. The monoisotopic (exact) mass is 443 g/mol. The fraction of sp³-hybridized carbons (Fsp3) is 0.269. The summed E-state index contributed by atoms with van der Waals surface area (Å²) in [7, 11) is 0. The Morgan fingerprint density at radius 1 is 0.970 bits per heavy atom. The van der Waals surface area contributed by atoms with Gasteiger partial charge >= 0.3 is 0 Å². The average Bonchev–Trinajstić information content (AvgIpc) is 3.35. The van der Waals surface area contributed by atoms with Crippen LogP contribution in [0.1, 0.15) is 28.8 Å². The van der Waals surface area contributed by atoms with E-state index < -0.39 is 0 Å². The first-order valence-corrected chi connectivity index (χ1v) is 11.1. The van der Waals surface area contributed by atoms with Gasteiger partial charge in [-0.3, -0.25) is 14.6 Å². The molecule has 3 heterocycles. The molecular weight excluding hydrogens is 418 g/mol. The van der Waals surface area contributed by atoms with Crippen molar-refractivity contribution < 1.29 is 19.1 Å². The number of pyridine rings is 1. The molecule has 1 N–H and O–H groups in total. The normalized spacial score (nSPS) is 15.3. The minimum atomic E-state index is -0.0969. The predicted octanol–water partition coefficient (Wildman–Crippen LogP) is 3.65. The molecule has 1 fully saturated rings. The minimum absolute atomic E-state index is 0.0196. The standard InChI is InChI=1S/C26H25N3O4/c30-25(28-16-18-6-7-23-24(14-18)33-17-32-23)20-9-12-29(13-10-20)26(31)21-8-11-27-22(15-21)19-4-2-1-3-5-19/h1-8,11,14-15,20H,9-10,12-13,16-17H2,(H,28,30). The van der Waals surface area contributed by atoms with Gasteiger partial charge in [0.1, 0.15) is 0 Å². The van der Waals surface area contributed by atoms with Gasteiger partial charge in [0.2, 0.25) is 12.7 Å². The number of carbonyl (C=O) groups is 2. The first-order valence-electron chi connectivity index (χ1n) is 11.1. The van der Waals surface area contributed by atoms with E-state index in [1.807, 2.05) is 59.5 Å². The highest BCUT2D eigenvalue weighted by Crippen LogP contribution is 2.32. The molecule has 1 aromatic heterocycles. The molecule has 0 radical (unpaired) electrons. The first-order chi connectivity index (χ1) is 16.2. The topological polar surface area (TPSA) is 80.8 Å². The molecule has 2 aromatic carbocycles. The SMILES string of the molecule is O=C(NCc1ccc2c(c1)OCO2)C1CCN(C(=O)c2ccnc(-c3ccccc3)c2)CC1. The Morgan fingerprint density at radius 3 is 2.58 bits per heavy atom. The summed E-state index contributed by atoms with van der Waals surface area (Å²) in [6.07, 6.45) is 2.97. The molecule has 0 aliphatic carbocycles. The van der Waals surface area contributed by atoms with Crippen molar-refractivity contribution in [2.45, 2.75) is 19.4 Å². The van der Waals surface area contributed by atoms with Crippen molar-refractivity contribution in [2.75, 3.05) is 19.9 Å². The molecule has 168 valence electrons. The van der Waals surface area contributed by atoms with E-state index in [9.17, 15) is 9.59 Å². The van der Waals surface area contributed by atoms with Crippen molar-refractivity contribution in [1.82, 2.24) is 15.2 Å². The lowest BCUT2D eigenvalue weighted by Crippen LogP contribution is -2.42. The van der Waals surface area contributed by atoms with Gasteiger partial charge in [0.15, 0.2) is 11.5 Å². The smallest absolute Gasteiger partial charge is 0.253 e. The highest BCUT2D eigenvalue weighted by Gasteiger charge is 2.28. The fourth-order valence-corrected chi connectivity index (χ4v) is 4.24. The Kier molecular flexibility index (Phi) is 5.93. The lowest BCUT2D eigenvalue weighted by Gasteiger charge is -2.31. The number of fused-ring (bicyclic) bond motifs is 1. The van der Waals surface area contributed by atoms with E-state index in [-0.39, 0.29) is 24.5 Å². The number of aromatic nitrogens is 1. The predicted molar refractivity (Wildman–Crippen MR) is 123 cm³/mol. The second-order valence-electron chi connectivity index (χ2n) is 8.27. The van der Waals surface area contributed by atoms with Gasteiger partial charge in [-0.1, -0.05) is 36.4 Å². The van der Waals surface area contributed by atoms with Crippen LogP contribution < -0.4 is 14.8 Å². The van der Waals surface area contributed by atoms with Crippen LogP contribution >= 0.6 is 0 Å². The van der Waals surface area contributed by atoms with Crippen LogP contribution in [0.2, 0.25) is 0 Å². The van der Waals surface area contributed by atoms with Gasteiger partial charge in [0.25, 0.3) is 5.91 Å². The van der Waals surface area contributed by atoms with Gasteiger partial charge in [-0.2, -0.15) is 0 Å². The van der Waals surface area contributed by atoms with E-state index in [4.69, 9.17) is 9.47 Å². The Balaban J connectivity index is 1.15. The van der Waals surface area contributed by atoms with E-state index in [1.54, 1.807) is 12.3 Å². The van der Waals surface area contributed by atoms with Crippen LogP contribution in [0.3, 0.4) is 0 Å². The van der Waals surface area contributed by atoms with E-state index in [1.165, 1.54) is 0 Å². The number of carbonyl (C=O) groups excluding carboxylic acids is 2.